The maximum absolute atomic E-state index is 5.30. The Kier molecular flexibility index (Phi) is 4.45. The second-order valence-corrected chi connectivity index (χ2v) is 3.25. The van der Waals surface area contributed by atoms with Gasteiger partial charge in [-0.1, -0.05) is 0 Å². The molecule has 6 heteroatoms. The third-order valence-electron chi connectivity index (χ3n) is 2.24. The van der Waals surface area contributed by atoms with Crippen molar-refractivity contribution in [2.24, 2.45) is 16.5 Å². The third kappa shape index (κ3) is 3.17. The summed E-state index contributed by atoms with van der Waals surface area (Å²) in [5.74, 6) is 1.90. The standard InChI is InChI=1S/C11H17N3O3/c1-15-7-4-9(16-2)8(6-14-11(12)13)10(5-7)17-3/h4-5H,6H2,1-3H3,(H4,12,13,14). The summed E-state index contributed by atoms with van der Waals surface area (Å²) in [7, 11) is 4.70. The van der Waals surface area contributed by atoms with E-state index in [1.54, 1.807) is 33.5 Å². The van der Waals surface area contributed by atoms with Crippen LogP contribution in [0.25, 0.3) is 0 Å². The van der Waals surface area contributed by atoms with Crippen LogP contribution in [-0.4, -0.2) is 27.3 Å². The number of guanidine groups is 1. The number of nitrogens with zero attached hydrogens (tertiary/aromatic N) is 1. The van der Waals surface area contributed by atoms with Crippen LogP contribution in [0.4, 0.5) is 0 Å². The first-order valence-electron chi connectivity index (χ1n) is 4.96. The second-order valence-electron chi connectivity index (χ2n) is 3.25. The van der Waals surface area contributed by atoms with Crippen molar-refractivity contribution in [1.82, 2.24) is 0 Å². The van der Waals surface area contributed by atoms with Gasteiger partial charge >= 0.3 is 0 Å². The van der Waals surface area contributed by atoms with Gasteiger partial charge in [-0.15, -0.1) is 0 Å². The molecule has 1 aromatic carbocycles. The van der Waals surface area contributed by atoms with Crippen molar-refractivity contribution in [2.75, 3.05) is 21.3 Å². The molecule has 0 radical (unpaired) electrons. The molecule has 0 amide bonds. The summed E-state index contributed by atoms with van der Waals surface area (Å²) in [6, 6.07) is 3.50. The maximum Gasteiger partial charge on any atom is 0.186 e. The van der Waals surface area contributed by atoms with E-state index in [0.717, 1.165) is 5.56 Å². The molecule has 0 aliphatic heterocycles. The molecule has 0 saturated heterocycles. The van der Waals surface area contributed by atoms with Gasteiger partial charge in [-0.2, -0.15) is 0 Å². The van der Waals surface area contributed by atoms with Crippen LogP contribution >= 0.6 is 0 Å². The van der Waals surface area contributed by atoms with Gasteiger partial charge < -0.3 is 25.7 Å². The summed E-state index contributed by atoms with van der Waals surface area (Å²) in [4.78, 5) is 3.94. The molecule has 1 rings (SSSR count). The van der Waals surface area contributed by atoms with Crippen LogP contribution in [0.3, 0.4) is 0 Å². The molecule has 1 aromatic rings. The number of methoxy groups -OCH3 is 3. The first-order chi connectivity index (χ1) is 8.12. The van der Waals surface area contributed by atoms with E-state index in [2.05, 4.69) is 4.99 Å². The number of aliphatic imine (C=N–C) groups is 1. The minimum absolute atomic E-state index is 0.0184. The molecule has 17 heavy (non-hydrogen) atoms. The first kappa shape index (κ1) is 13.0. The average molecular weight is 239 g/mol. The van der Waals surface area contributed by atoms with E-state index in [-0.39, 0.29) is 5.96 Å². The summed E-state index contributed by atoms with van der Waals surface area (Å²) in [6.45, 7) is 0.290. The van der Waals surface area contributed by atoms with Gasteiger partial charge in [0.25, 0.3) is 0 Å². The van der Waals surface area contributed by atoms with E-state index in [0.29, 0.717) is 23.8 Å². The molecule has 94 valence electrons. The topological polar surface area (TPSA) is 92.1 Å². The highest BCUT2D eigenvalue weighted by Gasteiger charge is 2.12. The van der Waals surface area contributed by atoms with E-state index in [1.807, 2.05) is 0 Å². The lowest BCUT2D eigenvalue weighted by atomic mass is 10.1. The lowest BCUT2D eigenvalue weighted by Gasteiger charge is -2.13. The summed E-state index contributed by atoms with van der Waals surface area (Å²) in [5.41, 5.74) is 11.4. The summed E-state index contributed by atoms with van der Waals surface area (Å²) >= 11 is 0. The highest BCUT2D eigenvalue weighted by molar-refractivity contribution is 5.75. The Hall–Kier alpha value is -2.11. The van der Waals surface area contributed by atoms with Gasteiger partial charge in [0.2, 0.25) is 0 Å². The monoisotopic (exact) mass is 239 g/mol. The van der Waals surface area contributed by atoms with Gasteiger partial charge in [-0.05, 0) is 0 Å². The molecule has 0 spiro atoms. The molecule has 0 unspecified atom stereocenters. The molecule has 0 fully saturated rings. The number of hydrogen-bond donors (Lipinski definition) is 2. The molecule has 0 heterocycles. The Morgan fingerprint density at radius 3 is 1.94 bits per heavy atom. The fourth-order valence-corrected chi connectivity index (χ4v) is 1.40. The average Bonchev–Trinajstić information content (AvgIpc) is 2.34. The van der Waals surface area contributed by atoms with Crippen LogP contribution in [0.2, 0.25) is 0 Å². The molecule has 0 bridgehead atoms. The van der Waals surface area contributed by atoms with Gasteiger partial charge in [0.05, 0.1) is 33.4 Å². The molecular formula is C11H17N3O3. The molecule has 0 saturated carbocycles. The van der Waals surface area contributed by atoms with Gasteiger partial charge in [0, 0.05) is 12.1 Å². The Morgan fingerprint density at radius 2 is 1.59 bits per heavy atom. The summed E-state index contributed by atoms with van der Waals surface area (Å²) in [6.07, 6.45) is 0. The number of nitrogens with two attached hydrogens (primary N) is 2. The van der Waals surface area contributed by atoms with E-state index in [1.165, 1.54) is 0 Å². The Bertz CT molecular complexity index is 389. The Labute approximate surface area is 100 Å². The van der Waals surface area contributed by atoms with Gasteiger partial charge in [-0.25, -0.2) is 4.99 Å². The number of ether oxygens (including phenoxy) is 3. The molecule has 0 aromatic heterocycles. The Balaban J connectivity index is 3.19. The van der Waals surface area contributed by atoms with Gasteiger partial charge in [0.15, 0.2) is 5.96 Å². The largest absolute Gasteiger partial charge is 0.496 e. The van der Waals surface area contributed by atoms with Crippen LogP contribution in [0, 0.1) is 0 Å². The smallest absolute Gasteiger partial charge is 0.186 e. The van der Waals surface area contributed by atoms with E-state index in [4.69, 9.17) is 25.7 Å². The zero-order chi connectivity index (χ0) is 12.8. The van der Waals surface area contributed by atoms with Crippen molar-refractivity contribution in [2.45, 2.75) is 6.54 Å². The van der Waals surface area contributed by atoms with Crippen molar-refractivity contribution in [3.05, 3.63) is 17.7 Å². The highest BCUT2D eigenvalue weighted by Crippen LogP contribution is 2.34. The highest BCUT2D eigenvalue weighted by atomic mass is 16.5. The molecule has 0 atom stereocenters. The second kappa shape index (κ2) is 5.83. The third-order valence-corrected chi connectivity index (χ3v) is 2.24. The molecular weight excluding hydrogens is 222 g/mol. The first-order valence-corrected chi connectivity index (χ1v) is 4.96. The van der Waals surface area contributed by atoms with Crippen LogP contribution in [0.15, 0.2) is 17.1 Å². The fourth-order valence-electron chi connectivity index (χ4n) is 1.40. The van der Waals surface area contributed by atoms with Gasteiger partial charge in [-0.3, -0.25) is 0 Å². The van der Waals surface area contributed by atoms with E-state index >= 15 is 0 Å². The van der Waals surface area contributed by atoms with Crippen LogP contribution < -0.4 is 25.7 Å². The minimum Gasteiger partial charge on any atom is -0.496 e. The number of rotatable bonds is 5. The van der Waals surface area contributed by atoms with Crippen molar-refractivity contribution >= 4 is 5.96 Å². The fraction of sp³-hybridized carbons (Fsp3) is 0.364. The molecule has 6 nitrogen and oxygen atoms in total. The summed E-state index contributed by atoms with van der Waals surface area (Å²) in [5, 5.41) is 0. The quantitative estimate of drug-likeness (QED) is 0.576. The van der Waals surface area contributed by atoms with Crippen LogP contribution in [0.5, 0.6) is 17.2 Å². The normalized spacial score (nSPS) is 9.59. The SMILES string of the molecule is COc1cc(OC)c(CN=C(N)N)c(OC)c1. The predicted octanol–water partition coefficient (Wildman–Crippen LogP) is 0.486. The van der Waals surface area contributed by atoms with Crippen molar-refractivity contribution in [3.63, 3.8) is 0 Å². The minimum atomic E-state index is 0.0184. The zero-order valence-corrected chi connectivity index (χ0v) is 10.2. The van der Waals surface area contributed by atoms with Gasteiger partial charge in [0.1, 0.15) is 17.2 Å². The molecule has 0 aliphatic carbocycles. The van der Waals surface area contributed by atoms with Crippen LogP contribution in [0.1, 0.15) is 5.56 Å². The lowest BCUT2D eigenvalue weighted by molar-refractivity contribution is 0.369. The maximum atomic E-state index is 5.30. The predicted molar refractivity (Wildman–Crippen MR) is 65.6 cm³/mol. The number of hydrogen-bond acceptors (Lipinski definition) is 4. The molecule has 0 aliphatic rings. The number of benzene rings is 1. The Morgan fingerprint density at radius 1 is 1.06 bits per heavy atom. The summed E-state index contributed by atoms with van der Waals surface area (Å²) < 4.78 is 15.6. The van der Waals surface area contributed by atoms with Crippen molar-refractivity contribution < 1.29 is 14.2 Å². The van der Waals surface area contributed by atoms with Crippen molar-refractivity contribution in [1.29, 1.82) is 0 Å². The lowest BCUT2D eigenvalue weighted by Crippen LogP contribution is -2.22. The van der Waals surface area contributed by atoms with E-state index < -0.39 is 0 Å². The zero-order valence-electron chi connectivity index (χ0n) is 10.2. The van der Waals surface area contributed by atoms with E-state index in [9.17, 15) is 0 Å². The van der Waals surface area contributed by atoms with Crippen molar-refractivity contribution in [3.8, 4) is 17.2 Å². The van der Waals surface area contributed by atoms with Crippen LogP contribution in [-0.2, 0) is 6.54 Å². The molecule has 4 N–H and O–H groups in total.